The lowest BCUT2D eigenvalue weighted by molar-refractivity contribution is 0.0981. The Balaban J connectivity index is 0.00000300. The highest BCUT2D eigenvalue weighted by Crippen LogP contribution is 2.33. The lowest BCUT2D eigenvalue weighted by atomic mass is 10.1. The van der Waals surface area contributed by atoms with Crippen LogP contribution in [0.2, 0.25) is 5.02 Å². The number of carbonyl (C=O) groups excluding carboxylic acids is 2. The van der Waals surface area contributed by atoms with Crippen LogP contribution in [-0.4, -0.2) is 48.8 Å². The predicted octanol–water partition coefficient (Wildman–Crippen LogP) is 5.17. The second kappa shape index (κ2) is 10.2. The Bertz CT molecular complexity index is 1000. The average Bonchev–Trinajstić information content (AvgIpc) is 3.10. The van der Waals surface area contributed by atoms with Gasteiger partial charge < -0.3 is 4.90 Å². The van der Waals surface area contributed by atoms with Gasteiger partial charge in [0.1, 0.15) is 5.52 Å². The molecule has 0 radical (unpaired) electrons. The van der Waals surface area contributed by atoms with E-state index in [9.17, 15) is 9.59 Å². The minimum absolute atomic E-state index is 0. The standard InChI is InChI=1S/C21H22ClN3O2S.ClH/c1-14(26)15-8-10-16(11-9-15)20(27)25(13-5-12-24(2)3)21-23-19-17(22)6-4-7-18(19)28-21;/h4,6-11H,5,12-13H2,1-3H3;1H. The van der Waals surface area contributed by atoms with Crippen molar-refractivity contribution in [3.8, 4) is 0 Å². The van der Waals surface area contributed by atoms with E-state index in [4.69, 9.17) is 11.6 Å². The van der Waals surface area contributed by atoms with Crippen molar-refractivity contribution in [2.45, 2.75) is 13.3 Å². The van der Waals surface area contributed by atoms with Crippen molar-refractivity contribution in [3.63, 3.8) is 0 Å². The number of benzene rings is 2. The minimum Gasteiger partial charge on any atom is -0.309 e. The van der Waals surface area contributed by atoms with Gasteiger partial charge in [0.25, 0.3) is 5.91 Å². The van der Waals surface area contributed by atoms with Crippen LogP contribution in [0, 0.1) is 0 Å². The van der Waals surface area contributed by atoms with Crippen LogP contribution in [0.1, 0.15) is 34.1 Å². The van der Waals surface area contributed by atoms with Crippen LogP contribution in [0.3, 0.4) is 0 Å². The van der Waals surface area contributed by atoms with Gasteiger partial charge in [0.05, 0.1) is 9.72 Å². The summed E-state index contributed by atoms with van der Waals surface area (Å²) in [5.74, 6) is -0.160. The first-order valence-electron chi connectivity index (χ1n) is 8.99. The molecule has 1 aromatic heterocycles. The van der Waals surface area contributed by atoms with E-state index >= 15 is 0 Å². The molecular formula is C21H23Cl2N3O2S. The van der Waals surface area contributed by atoms with Crippen LogP contribution in [0.25, 0.3) is 10.2 Å². The van der Waals surface area contributed by atoms with Gasteiger partial charge in [0.15, 0.2) is 10.9 Å². The molecule has 3 rings (SSSR count). The number of para-hydroxylation sites is 1. The fourth-order valence-electron chi connectivity index (χ4n) is 2.85. The van der Waals surface area contributed by atoms with Crippen LogP contribution >= 0.6 is 35.3 Å². The second-order valence-electron chi connectivity index (χ2n) is 6.83. The number of halogens is 2. The highest BCUT2D eigenvalue weighted by Gasteiger charge is 2.22. The number of aromatic nitrogens is 1. The molecule has 0 N–H and O–H groups in total. The number of carbonyl (C=O) groups is 2. The number of hydrogen-bond donors (Lipinski definition) is 0. The van der Waals surface area contributed by atoms with E-state index in [2.05, 4.69) is 9.88 Å². The third kappa shape index (κ3) is 5.54. The Morgan fingerprint density at radius 1 is 1.03 bits per heavy atom. The van der Waals surface area contributed by atoms with Crippen molar-refractivity contribution in [2.24, 2.45) is 0 Å². The molecule has 8 heteroatoms. The minimum atomic E-state index is -0.135. The molecule has 0 unspecified atom stereocenters. The van der Waals surface area contributed by atoms with Crippen molar-refractivity contribution >= 4 is 62.4 Å². The Labute approximate surface area is 185 Å². The molecule has 0 atom stereocenters. The van der Waals surface area contributed by atoms with Crippen molar-refractivity contribution in [3.05, 3.63) is 58.6 Å². The van der Waals surface area contributed by atoms with Gasteiger partial charge in [0.2, 0.25) is 0 Å². The monoisotopic (exact) mass is 451 g/mol. The SMILES string of the molecule is CC(=O)c1ccc(C(=O)N(CCCN(C)C)c2nc3c(Cl)cccc3s2)cc1.Cl. The van der Waals surface area contributed by atoms with Crippen molar-refractivity contribution in [2.75, 3.05) is 32.1 Å². The summed E-state index contributed by atoms with van der Waals surface area (Å²) in [5, 5.41) is 1.20. The maximum Gasteiger partial charge on any atom is 0.260 e. The molecule has 154 valence electrons. The van der Waals surface area contributed by atoms with Gasteiger partial charge in [-0.25, -0.2) is 4.98 Å². The molecular weight excluding hydrogens is 429 g/mol. The summed E-state index contributed by atoms with van der Waals surface area (Å²) in [5.41, 5.74) is 1.82. The largest absolute Gasteiger partial charge is 0.309 e. The molecule has 2 aromatic carbocycles. The van der Waals surface area contributed by atoms with Gasteiger partial charge in [-0.15, -0.1) is 12.4 Å². The normalized spacial score (nSPS) is 10.8. The Morgan fingerprint density at radius 2 is 1.69 bits per heavy atom. The Kier molecular flexibility index (Phi) is 8.16. The molecule has 0 spiro atoms. The zero-order chi connectivity index (χ0) is 20.3. The smallest absolute Gasteiger partial charge is 0.260 e. The number of Topliss-reactive ketones (excluding diaryl/α,β-unsaturated/α-hetero) is 1. The van der Waals surface area contributed by atoms with Crippen LogP contribution in [-0.2, 0) is 0 Å². The van der Waals surface area contributed by atoms with Gasteiger partial charge in [-0.2, -0.15) is 0 Å². The molecule has 0 saturated carbocycles. The topological polar surface area (TPSA) is 53.5 Å². The van der Waals surface area contributed by atoms with Gasteiger partial charge in [0, 0.05) is 17.7 Å². The van der Waals surface area contributed by atoms with E-state index in [1.165, 1.54) is 18.3 Å². The highest BCUT2D eigenvalue weighted by atomic mass is 35.5. The number of amides is 1. The van der Waals surface area contributed by atoms with Gasteiger partial charge >= 0.3 is 0 Å². The van der Waals surface area contributed by atoms with E-state index in [0.29, 0.717) is 33.3 Å². The van der Waals surface area contributed by atoms with E-state index in [0.717, 1.165) is 17.7 Å². The summed E-state index contributed by atoms with van der Waals surface area (Å²) in [6, 6.07) is 12.4. The summed E-state index contributed by atoms with van der Waals surface area (Å²) in [6.45, 7) is 2.91. The molecule has 29 heavy (non-hydrogen) atoms. The zero-order valence-electron chi connectivity index (χ0n) is 16.5. The maximum absolute atomic E-state index is 13.2. The number of thiazole rings is 1. The first-order chi connectivity index (χ1) is 13.4. The van der Waals surface area contributed by atoms with E-state index in [1.807, 2.05) is 26.2 Å². The van der Waals surface area contributed by atoms with Crippen molar-refractivity contribution in [1.29, 1.82) is 0 Å². The fraction of sp³-hybridized carbons (Fsp3) is 0.286. The third-order valence-corrected chi connectivity index (χ3v) is 5.71. The molecule has 1 amide bonds. The molecule has 0 aliphatic heterocycles. The van der Waals surface area contributed by atoms with Crippen molar-refractivity contribution < 1.29 is 9.59 Å². The maximum atomic E-state index is 13.2. The number of hydrogen-bond acceptors (Lipinski definition) is 5. The second-order valence-corrected chi connectivity index (χ2v) is 8.25. The number of fused-ring (bicyclic) bond motifs is 1. The van der Waals surface area contributed by atoms with Crippen molar-refractivity contribution in [1.82, 2.24) is 9.88 Å². The number of anilines is 1. The molecule has 0 fully saturated rings. The molecule has 0 aliphatic carbocycles. The van der Waals surface area contributed by atoms with Gasteiger partial charge in [-0.1, -0.05) is 41.1 Å². The highest BCUT2D eigenvalue weighted by molar-refractivity contribution is 7.22. The zero-order valence-corrected chi connectivity index (χ0v) is 18.9. The molecule has 0 aliphatic rings. The number of nitrogens with zero attached hydrogens (tertiary/aromatic N) is 3. The van der Waals surface area contributed by atoms with Gasteiger partial charge in [-0.3, -0.25) is 14.5 Å². The fourth-order valence-corrected chi connectivity index (χ4v) is 4.14. The molecule has 0 bridgehead atoms. The summed E-state index contributed by atoms with van der Waals surface area (Å²) in [6.07, 6.45) is 0.813. The summed E-state index contributed by atoms with van der Waals surface area (Å²) in [4.78, 5) is 33.1. The molecule has 0 saturated heterocycles. The summed E-state index contributed by atoms with van der Waals surface area (Å²) >= 11 is 7.72. The third-order valence-electron chi connectivity index (χ3n) is 4.36. The lowest BCUT2D eigenvalue weighted by Gasteiger charge is -2.21. The molecule has 3 aromatic rings. The van der Waals surface area contributed by atoms with Crippen LogP contribution in [0.4, 0.5) is 5.13 Å². The average molecular weight is 452 g/mol. The lowest BCUT2D eigenvalue weighted by Crippen LogP contribution is -2.33. The predicted molar refractivity (Wildman–Crippen MR) is 123 cm³/mol. The Morgan fingerprint density at radius 3 is 2.28 bits per heavy atom. The van der Waals surface area contributed by atoms with Crippen LogP contribution < -0.4 is 4.90 Å². The van der Waals surface area contributed by atoms with Crippen LogP contribution in [0.15, 0.2) is 42.5 Å². The van der Waals surface area contributed by atoms with Gasteiger partial charge in [-0.05, 0) is 58.3 Å². The number of rotatable bonds is 7. The van der Waals surface area contributed by atoms with E-state index < -0.39 is 0 Å². The number of ketones is 1. The van der Waals surface area contributed by atoms with E-state index in [-0.39, 0.29) is 24.1 Å². The molecule has 1 heterocycles. The Hall–Kier alpha value is -1.99. The molecule has 5 nitrogen and oxygen atoms in total. The first-order valence-corrected chi connectivity index (χ1v) is 10.2. The van der Waals surface area contributed by atoms with E-state index in [1.54, 1.807) is 35.2 Å². The quantitative estimate of drug-likeness (QED) is 0.464. The summed E-state index contributed by atoms with van der Waals surface area (Å²) < 4.78 is 0.944. The summed E-state index contributed by atoms with van der Waals surface area (Å²) in [7, 11) is 4.01. The first kappa shape index (κ1) is 23.3. The van der Waals surface area contributed by atoms with Crippen LogP contribution in [0.5, 0.6) is 0 Å².